The van der Waals surface area contributed by atoms with Gasteiger partial charge in [0.1, 0.15) is 11.9 Å². The maximum absolute atomic E-state index is 13.8. The number of hydrogen-bond donors (Lipinski definition) is 1. The minimum Gasteiger partial charge on any atom is -0.394 e. The fourth-order valence-electron chi connectivity index (χ4n) is 4.20. The zero-order valence-electron chi connectivity index (χ0n) is 16.1. The standard InChI is InChI=1S/C24H20FN3O2/c25-18-7-3-6-17(12-18)19-8-1-2-9-20(19)24-21(13-26)28(22(24)15-29)23(30)11-16-5-4-10-27-14-16/h1-10,12,14,21-22,24,29H,11,15H2/t21-,22+,24+/m0/s1. The smallest absolute Gasteiger partial charge is 0.228 e. The second-order valence-electron chi connectivity index (χ2n) is 7.29. The number of carbonyl (C=O) groups excluding carboxylic acids is 1. The van der Waals surface area contributed by atoms with Gasteiger partial charge in [-0.2, -0.15) is 5.26 Å². The number of amides is 1. The van der Waals surface area contributed by atoms with Gasteiger partial charge in [-0.3, -0.25) is 9.78 Å². The molecule has 0 unspecified atom stereocenters. The normalized spacial score (nSPS) is 20.3. The largest absolute Gasteiger partial charge is 0.394 e. The zero-order valence-corrected chi connectivity index (χ0v) is 16.1. The lowest BCUT2D eigenvalue weighted by Gasteiger charge is -2.52. The van der Waals surface area contributed by atoms with Gasteiger partial charge in [0.2, 0.25) is 5.91 Å². The summed E-state index contributed by atoms with van der Waals surface area (Å²) in [5.74, 6) is -0.940. The van der Waals surface area contributed by atoms with Crippen LogP contribution in [0.15, 0.2) is 73.1 Å². The lowest BCUT2D eigenvalue weighted by molar-refractivity contribution is -0.146. The van der Waals surface area contributed by atoms with Gasteiger partial charge < -0.3 is 10.0 Å². The average Bonchev–Trinajstić information content (AvgIpc) is 2.75. The monoisotopic (exact) mass is 401 g/mol. The summed E-state index contributed by atoms with van der Waals surface area (Å²) >= 11 is 0. The van der Waals surface area contributed by atoms with Crippen molar-refractivity contribution in [3.8, 4) is 17.2 Å². The van der Waals surface area contributed by atoms with Crippen LogP contribution in [0.25, 0.3) is 11.1 Å². The molecule has 5 nitrogen and oxygen atoms in total. The van der Waals surface area contributed by atoms with E-state index in [-0.39, 0.29) is 30.7 Å². The van der Waals surface area contributed by atoms with E-state index in [4.69, 9.17) is 0 Å². The lowest BCUT2D eigenvalue weighted by Crippen LogP contribution is -2.65. The van der Waals surface area contributed by atoms with E-state index >= 15 is 0 Å². The Morgan fingerprint density at radius 3 is 2.70 bits per heavy atom. The van der Waals surface area contributed by atoms with Crippen LogP contribution >= 0.6 is 0 Å². The van der Waals surface area contributed by atoms with Gasteiger partial charge in [0.15, 0.2) is 0 Å². The first-order chi connectivity index (χ1) is 14.6. The number of pyridine rings is 1. The van der Waals surface area contributed by atoms with Gasteiger partial charge in [0.05, 0.1) is 25.1 Å². The molecule has 3 atom stereocenters. The van der Waals surface area contributed by atoms with E-state index in [1.165, 1.54) is 17.0 Å². The maximum Gasteiger partial charge on any atom is 0.228 e. The van der Waals surface area contributed by atoms with Crippen LogP contribution in [0.2, 0.25) is 0 Å². The molecule has 3 aromatic rings. The number of aromatic nitrogens is 1. The highest BCUT2D eigenvalue weighted by Gasteiger charge is 2.52. The first kappa shape index (κ1) is 19.7. The van der Waals surface area contributed by atoms with Gasteiger partial charge in [-0.1, -0.05) is 42.5 Å². The quantitative estimate of drug-likeness (QED) is 0.712. The molecule has 0 spiro atoms. The molecule has 0 aliphatic carbocycles. The Morgan fingerprint density at radius 2 is 2.00 bits per heavy atom. The highest BCUT2D eigenvalue weighted by molar-refractivity contribution is 5.82. The number of benzene rings is 2. The molecule has 1 aromatic heterocycles. The summed E-state index contributed by atoms with van der Waals surface area (Å²) in [5, 5.41) is 19.9. The van der Waals surface area contributed by atoms with E-state index in [0.717, 1.165) is 16.7 Å². The first-order valence-electron chi connectivity index (χ1n) is 9.69. The molecule has 1 fully saturated rings. The van der Waals surface area contributed by atoms with E-state index in [0.29, 0.717) is 5.56 Å². The molecule has 150 valence electrons. The number of likely N-dealkylation sites (tertiary alicyclic amines) is 1. The van der Waals surface area contributed by atoms with E-state index < -0.39 is 12.1 Å². The number of nitriles is 1. The van der Waals surface area contributed by atoms with Crippen molar-refractivity contribution in [2.75, 3.05) is 6.61 Å². The number of carbonyl (C=O) groups is 1. The molecular formula is C24H20FN3O2. The van der Waals surface area contributed by atoms with Gasteiger partial charge in [0, 0.05) is 18.3 Å². The van der Waals surface area contributed by atoms with Gasteiger partial charge in [-0.05, 0) is 40.5 Å². The van der Waals surface area contributed by atoms with Crippen molar-refractivity contribution in [1.29, 1.82) is 5.26 Å². The van der Waals surface area contributed by atoms with E-state index in [2.05, 4.69) is 11.1 Å². The maximum atomic E-state index is 13.8. The Morgan fingerprint density at radius 1 is 1.17 bits per heavy atom. The van der Waals surface area contributed by atoms with E-state index in [9.17, 15) is 19.6 Å². The summed E-state index contributed by atoms with van der Waals surface area (Å²) in [6, 6.07) is 18.3. The summed E-state index contributed by atoms with van der Waals surface area (Å²) in [7, 11) is 0. The molecule has 0 saturated carbocycles. The Labute approximate surface area is 174 Å². The molecular weight excluding hydrogens is 381 g/mol. The van der Waals surface area contributed by atoms with Crippen LogP contribution in [-0.2, 0) is 11.2 Å². The highest BCUT2D eigenvalue weighted by Crippen LogP contribution is 2.44. The van der Waals surface area contributed by atoms with Crippen molar-refractivity contribution < 1.29 is 14.3 Å². The average molecular weight is 401 g/mol. The SMILES string of the molecule is N#C[C@H]1[C@@H](c2ccccc2-c2cccc(F)c2)[C@@H](CO)N1C(=O)Cc1cccnc1. The predicted octanol–water partition coefficient (Wildman–Crippen LogP) is 3.31. The summed E-state index contributed by atoms with van der Waals surface area (Å²) < 4.78 is 13.8. The number of nitrogens with zero attached hydrogens (tertiary/aromatic N) is 3. The van der Waals surface area contributed by atoms with Crippen molar-refractivity contribution in [3.05, 3.63) is 90.0 Å². The molecule has 4 rings (SSSR count). The highest BCUT2D eigenvalue weighted by atomic mass is 19.1. The second-order valence-corrected chi connectivity index (χ2v) is 7.29. The third-order valence-corrected chi connectivity index (χ3v) is 5.55. The molecule has 30 heavy (non-hydrogen) atoms. The van der Waals surface area contributed by atoms with Crippen LogP contribution in [0, 0.1) is 17.1 Å². The number of halogens is 1. The third-order valence-electron chi connectivity index (χ3n) is 5.55. The molecule has 1 aliphatic rings. The minimum atomic E-state index is -0.707. The van der Waals surface area contributed by atoms with Crippen molar-refractivity contribution in [3.63, 3.8) is 0 Å². The van der Waals surface area contributed by atoms with E-state index in [1.807, 2.05) is 24.3 Å². The zero-order chi connectivity index (χ0) is 21.1. The molecule has 1 N–H and O–H groups in total. The molecule has 1 amide bonds. The van der Waals surface area contributed by atoms with Crippen LogP contribution in [0.3, 0.4) is 0 Å². The predicted molar refractivity (Wildman–Crippen MR) is 110 cm³/mol. The van der Waals surface area contributed by atoms with Gasteiger partial charge >= 0.3 is 0 Å². The topological polar surface area (TPSA) is 77.2 Å². The van der Waals surface area contributed by atoms with Crippen LogP contribution in [0.1, 0.15) is 17.0 Å². The first-order valence-corrected chi connectivity index (χ1v) is 9.69. The second kappa shape index (κ2) is 8.44. The number of rotatable bonds is 5. The molecule has 1 aliphatic heterocycles. The Bertz CT molecular complexity index is 1100. The summed E-state index contributed by atoms with van der Waals surface area (Å²) in [4.78, 5) is 18.4. The Hall–Kier alpha value is -3.56. The fourth-order valence-corrected chi connectivity index (χ4v) is 4.20. The molecule has 0 radical (unpaired) electrons. The van der Waals surface area contributed by atoms with Crippen molar-refractivity contribution in [1.82, 2.24) is 9.88 Å². The third kappa shape index (κ3) is 3.56. The lowest BCUT2D eigenvalue weighted by atomic mass is 9.73. The molecule has 1 saturated heterocycles. The van der Waals surface area contributed by atoms with Crippen LogP contribution in [0.5, 0.6) is 0 Å². The number of aliphatic hydroxyl groups is 1. The van der Waals surface area contributed by atoms with Crippen LogP contribution in [0.4, 0.5) is 4.39 Å². The van der Waals surface area contributed by atoms with Gasteiger partial charge in [-0.15, -0.1) is 0 Å². The minimum absolute atomic E-state index is 0.112. The van der Waals surface area contributed by atoms with Crippen molar-refractivity contribution in [2.45, 2.75) is 24.4 Å². The Balaban J connectivity index is 1.66. The molecule has 0 bridgehead atoms. The summed E-state index contributed by atoms with van der Waals surface area (Å²) in [6.07, 6.45) is 3.36. The fraction of sp³-hybridized carbons (Fsp3) is 0.208. The molecule has 2 aromatic carbocycles. The van der Waals surface area contributed by atoms with Crippen molar-refractivity contribution >= 4 is 5.91 Å². The molecule has 2 heterocycles. The summed E-state index contributed by atoms with van der Waals surface area (Å²) in [5.41, 5.74) is 3.05. The van der Waals surface area contributed by atoms with Gasteiger partial charge in [-0.25, -0.2) is 4.39 Å². The van der Waals surface area contributed by atoms with Crippen molar-refractivity contribution in [2.24, 2.45) is 0 Å². The summed E-state index contributed by atoms with van der Waals surface area (Å²) in [6.45, 7) is -0.265. The number of aliphatic hydroxyl groups excluding tert-OH is 1. The van der Waals surface area contributed by atoms with Crippen LogP contribution in [-0.4, -0.2) is 39.6 Å². The molecule has 6 heteroatoms. The van der Waals surface area contributed by atoms with Gasteiger partial charge in [0.25, 0.3) is 0 Å². The van der Waals surface area contributed by atoms with Crippen LogP contribution < -0.4 is 0 Å². The Kier molecular flexibility index (Phi) is 5.55. The number of hydrogen-bond acceptors (Lipinski definition) is 4. The van der Waals surface area contributed by atoms with E-state index in [1.54, 1.807) is 36.7 Å².